The molecular formula is C15H29NO4. The first-order valence-corrected chi connectivity index (χ1v) is 7.64. The minimum atomic E-state index is -0.753. The second kappa shape index (κ2) is 11.7. The second-order valence-electron chi connectivity index (χ2n) is 5.45. The van der Waals surface area contributed by atoms with Crippen molar-refractivity contribution in [3.63, 3.8) is 0 Å². The van der Waals surface area contributed by atoms with Gasteiger partial charge in [-0.05, 0) is 32.4 Å². The van der Waals surface area contributed by atoms with Crippen LogP contribution >= 0.6 is 0 Å². The Bertz CT molecular complexity index is 281. The number of carboxylic acid groups (broad SMARTS) is 2. The molecule has 0 heterocycles. The molecule has 0 aromatic rings. The van der Waals surface area contributed by atoms with E-state index < -0.39 is 11.9 Å². The largest absolute Gasteiger partial charge is 0.481 e. The van der Waals surface area contributed by atoms with Gasteiger partial charge in [0.1, 0.15) is 0 Å². The Balaban J connectivity index is 3.97. The molecule has 5 nitrogen and oxygen atoms in total. The van der Waals surface area contributed by atoms with Crippen LogP contribution in [0.3, 0.4) is 0 Å². The fourth-order valence-electron chi connectivity index (χ4n) is 2.13. The lowest BCUT2D eigenvalue weighted by Gasteiger charge is -2.24. The lowest BCUT2D eigenvalue weighted by molar-refractivity contribution is -0.142. The summed E-state index contributed by atoms with van der Waals surface area (Å²) < 4.78 is 0. The van der Waals surface area contributed by atoms with E-state index in [-0.39, 0.29) is 12.3 Å². The van der Waals surface area contributed by atoms with Gasteiger partial charge in [0, 0.05) is 13.0 Å². The average Bonchev–Trinajstić information content (AvgIpc) is 2.37. The van der Waals surface area contributed by atoms with E-state index in [2.05, 4.69) is 11.8 Å². The van der Waals surface area contributed by atoms with E-state index in [4.69, 9.17) is 10.2 Å². The van der Waals surface area contributed by atoms with Gasteiger partial charge in [0.2, 0.25) is 0 Å². The molecule has 0 aromatic heterocycles. The molecule has 2 N–H and O–H groups in total. The molecule has 0 spiro atoms. The van der Waals surface area contributed by atoms with Gasteiger partial charge in [0.25, 0.3) is 0 Å². The summed E-state index contributed by atoms with van der Waals surface area (Å²) in [6.45, 7) is 6.26. The predicted octanol–water partition coefficient (Wildman–Crippen LogP) is 2.84. The highest BCUT2D eigenvalue weighted by Crippen LogP contribution is 2.07. The van der Waals surface area contributed by atoms with Crippen LogP contribution in [0.5, 0.6) is 0 Å². The molecule has 0 aliphatic rings. The molecule has 0 saturated carbocycles. The molecular weight excluding hydrogens is 258 g/mol. The summed E-state index contributed by atoms with van der Waals surface area (Å²) in [7, 11) is 0. The van der Waals surface area contributed by atoms with Crippen molar-refractivity contribution < 1.29 is 19.8 Å². The van der Waals surface area contributed by atoms with E-state index in [1.165, 1.54) is 0 Å². The highest BCUT2D eigenvalue weighted by atomic mass is 16.4. The minimum absolute atomic E-state index is 0.224. The number of carbonyl (C=O) groups is 2. The Morgan fingerprint density at radius 1 is 1.00 bits per heavy atom. The van der Waals surface area contributed by atoms with E-state index in [0.29, 0.717) is 13.0 Å². The van der Waals surface area contributed by atoms with Crippen molar-refractivity contribution in [2.45, 2.75) is 58.8 Å². The van der Waals surface area contributed by atoms with Crippen molar-refractivity contribution in [2.24, 2.45) is 5.92 Å². The highest BCUT2D eigenvalue weighted by Gasteiger charge is 2.15. The topological polar surface area (TPSA) is 77.8 Å². The van der Waals surface area contributed by atoms with Gasteiger partial charge in [-0.15, -0.1) is 0 Å². The molecule has 0 aromatic carbocycles. The van der Waals surface area contributed by atoms with Crippen molar-refractivity contribution in [3.05, 3.63) is 0 Å². The molecule has 0 aliphatic heterocycles. The fraction of sp³-hybridized carbons (Fsp3) is 0.867. The maximum absolute atomic E-state index is 10.9. The van der Waals surface area contributed by atoms with Crippen molar-refractivity contribution in [3.8, 4) is 0 Å². The molecule has 0 amide bonds. The van der Waals surface area contributed by atoms with E-state index in [1.54, 1.807) is 6.92 Å². The van der Waals surface area contributed by atoms with Gasteiger partial charge in [-0.2, -0.15) is 0 Å². The quantitative estimate of drug-likeness (QED) is 0.509. The van der Waals surface area contributed by atoms with Crippen molar-refractivity contribution >= 4 is 11.9 Å². The van der Waals surface area contributed by atoms with E-state index >= 15 is 0 Å². The molecule has 0 rings (SSSR count). The summed E-state index contributed by atoms with van der Waals surface area (Å²) in [6.07, 6.45) is 6.16. The van der Waals surface area contributed by atoms with Crippen LogP contribution in [0.2, 0.25) is 0 Å². The number of unbranched alkanes of at least 4 members (excludes halogenated alkanes) is 4. The second-order valence-corrected chi connectivity index (χ2v) is 5.45. The molecule has 0 fully saturated rings. The lowest BCUT2D eigenvalue weighted by Crippen LogP contribution is -2.33. The van der Waals surface area contributed by atoms with Gasteiger partial charge in [-0.25, -0.2) is 0 Å². The number of hydrogen-bond acceptors (Lipinski definition) is 3. The number of carboxylic acids is 2. The lowest BCUT2D eigenvalue weighted by atomic mass is 10.1. The van der Waals surface area contributed by atoms with E-state index in [0.717, 1.165) is 45.2 Å². The van der Waals surface area contributed by atoms with Gasteiger partial charge < -0.3 is 15.1 Å². The highest BCUT2D eigenvalue weighted by molar-refractivity contribution is 5.69. The molecule has 20 heavy (non-hydrogen) atoms. The van der Waals surface area contributed by atoms with Crippen LogP contribution in [0, 0.1) is 5.92 Å². The molecule has 1 atom stereocenters. The maximum Gasteiger partial charge on any atom is 0.307 e. The number of hydrogen-bond donors (Lipinski definition) is 2. The van der Waals surface area contributed by atoms with E-state index in [1.807, 2.05) is 0 Å². The van der Waals surface area contributed by atoms with Crippen molar-refractivity contribution in [1.82, 2.24) is 4.90 Å². The number of nitrogens with zero attached hydrogens (tertiary/aromatic N) is 1. The maximum atomic E-state index is 10.9. The summed E-state index contributed by atoms with van der Waals surface area (Å²) in [5.74, 6) is -1.85. The molecule has 118 valence electrons. The Hall–Kier alpha value is -1.10. The Morgan fingerprint density at radius 3 is 2.10 bits per heavy atom. The monoisotopic (exact) mass is 287 g/mol. The molecule has 5 heteroatoms. The van der Waals surface area contributed by atoms with Gasteiger partial charge >= 0.3 is 11.9 Å². The van der Waals surface area contributed by atoms with Gasteiger partial charge in [0.15, 0.2) is 0 Å². The number of aliphatic carboxylic acids is 2. The molecule has 1 unspecified atom stereocenters. The molecule has 0 saturated heterocycles. The summed E-state index contributed by atoms with van der Waals surface area (Å²) in [5.41, 5.74) is 0. The fourth-order valence-corrected chi connectivity index (χ4v) is 2.13. The first-order chi connectivity index (χ1) is 9.47. The Kier molecular flexibility index (Phi) is 11.1. The van der Waals surface area contributed by atoms with Crippen molar-refractivity contribution in [2.75, 3.05) is 19.6 Å². The first kappa shape index (κ1) is 18.9. The van der Waals surface area contributed by atoms with Gasteiger partial charge in [-0.1, -0.05) is 33.1 Å². The smallest absolute Gasteiger partial charge is 0.307 e. The summed E-state index contributed by atoms with van der Waals surface area (Å²) in [5, 5.41) is 17.6. The van der Waals surface area contributed by atoms with Crippen LogP contribution in [-0.4, -0.2) is 46.7 Å². The van der Waals surface area contributed by atoms with Crippen LogP contribution < -0.4 is 0 Å². The number of rotatable bonds is 13. The van der Waals surface area contributed by atoms with Crippen molar-refractivity contribution in [1.29, 1.82) is 0 Å². The van der Waals surface area contributed by atoms with E-state index in [9.17, 15) is 9.59 Å². The van der Waals surface area contributed by atoms with Crippen LogP contribution in [0.25, 0.3) is 0 Å². The minimum Gasteiger partial charge on any atom is -0.481 e. The van der Waals surface area contributed by atoms with Crippen LogP contribution in [0.4, 0.5) is 0 Å². The zero-order valence-corrected chi connectivity index (χ0v) is 12.8. The standard InChI is InChI=1S/C15H29NO4/c1-3-4-7-10-16(12-13(2)15(19)20)11-8-5-6-9-14(17)18/h13H,3-12H2,1-2H3,(H,17,18)(H,19,20). The molecule has 0 aliphatic carbocycles. The summed E-state index contributed by atoms with van der Waals surface area (Å²) in [6, 6.07) is 0. The third-order valence-corrected chi connectivity index (χ3v) is 3.40. The summed E-state index contributed by atoms with van der Waals surface area (Å²) >= 11 is 0. The SMILES string of the molecule is CCCCCN(CCCCCC(=O)O)CC(C)C(=O)O. The average molecular weight is 287 g/mol. The third kappa shape index (κ3) is 10.8. The zero-order chi connectivity index (χ0) is 15.4. The zero-order valence-electron chi connectivity index (χ0n) is 12.8. The molecule has 0 radical (unpaired) electrons. The Labute approximate surface area is 122 Å². The van der Waals surface area contributed by atoms with Crippen LogP contribution in [0.1, 0.15) is 58.8 Å². The normalized spacial score (nSPS) is 12.6. The van der Waals surface area contributed by atoms with Crippen LogP contribution in [-0.2, 0) is 9.59 Å². The predicted molar refractivity (Wildman–Crippen MR) is 78.9 cm³/mol. The molecule has 0 bridgehead atoms. The summed E-state index contributed by atoms with van der Waals surface area (Å²) in [4.78, 5) is 23.5. The van der Waals surface area contributed by atoms with Gasteiger partial charge in [-0.3, -0.25) is 9.59 Å². The Morgan fingerprint density at radius 2 is 1.60 bits per heavy atom. The van der Waals surface area contributed by atoms with Gasteiger partial charge in [0.05, 0.1) is 5.92 Å². The third-order valence-electron chi connectivity index (χ3n) is 3.40. The van der Waals surface area contributed by atoms with Crippen LogP contribution in [0.15, 0.2) is 0 Å². The first-order valence-electron chi connectivity index (χ1n) is 7.64.